The van der Waals surface area contributed by atoms with Gasteiger partial charge in [-0.2, -0.15) is 0 Å². The molecule has 9 nitrogen and oxygen atoms in total. The Balaban J connectivity index is -0.000000361. The molecule has 0 spiro atoms. The molecule has 0 heterocycles. The van der Waals surface area contributed by atoms with Gasteiger partial charge in [0, 0.05) is 6.61 Å². The minimum Gasteiger partial charge on any atom is -0.756 e. The van der Waals surface area contributed by atoms with Gasteiger partial charge in [-0.1, -0.05) is 184 Å². The van der Waals surface area contributed by atoms with Crippen molar-refractivity contribution >= 4 is 53.4 Å². The molecule has 0 rings (SSSR count). The molecular formula is C42H90CaO9P2. The maximum absolute atomic E-state index is 11.8. The minimum atomic E-state index is -4.14. The SMILES string of the molecule is CCCCC(CC)COP(=O)([O-])OCC(CC)CCCC.CCCCC(CC)COP(=O)([O-])OCC(CC)CCCC.CCCCCCCCCCO.[Ca+2]. The van der Waals surface area contributed by atoms with Gasteiger partial charge in [-0.15, -0.1) is 0 Å². The van der Waals surface area contributed by atoms with Crippen LogP contribution in [0.2, 0.25) is 0 Å². The standard InChI is InChI=1S/2C16H35O4P.C10H22O.Ca/c2*1-5-9-11-15(7-3)13-19-21(17,18)20-14-16(8-4)12-10-6-2;1-2-3-4-5-6-7-8-9-10-11;/h2*15-16H,5-14H2,1-4H3,(H,17,18);11H,2-10H2,1H3;/q;;;+2/p-2. The molecule has 0 saturated heterocycles. The molecule has 54 heavy (non-hydrogen) atoms. The van der Waals surface area contributed by atoms with Crippen LogP contribution < -0.4 is 9.79 Å². The van der Waals surface area contributed by atoms with Crippen LogP contribution in [0.1, 0.15) is 216 Å². The van der Waals surface area contributed by atoms with Crippen molar-refractivity contribution in [3.05, 3.63) is 0 Å². The molecule has 0 aliphatic carbocycles. The van der Waals surface area contributed by atoms with Gasteiger partial charge in [0.2, 0.25) is 0 Å². The summed E-state index contributed by atoms with van der Waals surface area (Å²) in [6, 6.07) is 0. The Morgan fingerprint density at radius 3 is 0.833 bits per heavy atom. The van der Waals surface area contributed by atoms with E-state index in [2.05, 4.69) is 62.3 Å². The second-order valence-electron chi connectivity index (χ2n) is 14.9. The van der Waals surface area contributed by atoms with Crippen LogP contribution in [-0.4, -0.2) is 75.9 Å². The van der Waals surface area contributed by atoms with E-state index in [0.717, 1.165) is 109 Å². The third-order valence-corrected chi connectivity index (χ3v) is 11.9. The Hall–Kier alpha value is 1.44. The fourth-order valence-corrected chi connectivity index (χ4v) is 7.42. The largest absolute Gasteiger partial charge is 2.00 e. The molecule has 0 fully saturated rings. The molecule has 0 aromatic carbocycles. The zero-order chi connectivity index (χ0) is 40.6. The molecule has 0 aliphatic heterocycles. The summed E-state index contributed by atoms with van der Waals surface area (Å²) in [7, 11) is -8.28. The fourth-order valence-electron chi connectivity index (χ4n) is 5.70. The number of phosphoric ester groups is 2. The Morgan fingerprint density at radius 2 is 0.630 bits per heavy atom. The van der Waals surface area contributed by atoms with Gasteiger partial charge in [0.15, 0.2) is 0 Å². The van der Waals surface area contributed by atoms with Crippen molar-refractivity contribution in [1.29, 1.82) is 0 Å². The van der Waals surface area contributed by atoms with Gasteiger partial charge < -0.3 is 33.0 Å². The Labute approximate surface area is 366 Å². The topological polar surface area (TPSA) is 137 Å². The first kappa shape index (κ1) is 62.1. The monoisotopic (exact) mass is 841 g/mol. The van der Waals surface area contributed by atoms with Crippen LogP contribution in [0.15, 0.2) is 0 Å². The van der Waals surface area contributed by atoms with E-state index in [1.165, 1.54) is 44.9 Å². The van der Waals surface area contributed by atoms with E-state index in [1.807, 2.05) is 0 Å². The van der Waals surface area contributed by atoms with E-state index >= 15 is 0 Å². The van der Waals surface area contributed by atoms with Crippen molar-refractivity contribution in [3.8, 4) is 0 Å². The minimum absolute atomic E-state index is 0. The molecule has 1 N–H and O–H groups in total. The molecule has 0 saturated carbocycles. The third-order valence-electron chi connectivity index (χ3n) is 10.1. The van der Waals surface area contributed by atoms with E-state index in [-0.39, 0.29) is 64.2 Å². The molecule has 0 aromatic rings. The fraction of sp³-hybridized carbons (Fsp3) is 1.00. The number of aliphatic hydroxyl groups excluding tert-OH is 1. The van der Waals surface area contributed by atoms with Gasteiger partial charge in [-0.05, 0) is 55.8 Å². The van der Waals surface area contributed by atoms with Gasteiger partial charge in [-0.25, -0.2) is 0 Å². The van der Waals surface area contributed by atoms with Crippen molar-refractivity contribution in [2.24, 2.45) is 23.7 Å². The van der Waals surface area contributed by atoms with Gasteiger partial charge >= 0.3 is 37.7 Å². The summed E-state index contributed by atoms with van der Waals surface area (Å²) in [4.78, 5) is 23.6. The first-order valence-corrected chi connectivity index (χ1v) is 25.1. The molecule has 4 unspecified atom stereocenters. The number of unbranched alkanes of at least 4 members (excludes halogenated alkanes) is 11. The van der Waals surface area contributed by atoms with E-state index < -0.39 is 15.6 Å². The third kappa shape index (κ3) is 44.5. The van der Waals surface area contributed by atoms with Crippen LogP contribution in [0, 0.1) is 23.7 Å². The van der Waals surface area contributed by atoms with Crippen molar-refractivity contribution in [2.45, 2.75) is 216 Å². The Morgan fingerprint density at radius 1 is 0.407 bits per heavy atom. The first-order valence-electron chi connectivity index (χ1n) is 22.2. The maximum Gasteiger partial charge on any atom is 2.00 e. The molecule has 0 aliphatic rings. The molecular weight excluding hydrogens is 750 g/mol. The summed E-state index contributed by atoms with van der Waals surface area (Å²) < 4.78 is 43.8. The smallest absolute Gasteiger partial charge is 0.756 e. The van der Waals surface area contributed by atoms with E-state index in [0.29, 0.717) is 30.3 Å². The van der Waals surface area contributed by atoms with Gasteiger partial charge in [0.1, 0.15) is 0 Å². The summed E-state index contributed by atoms with van der Waals surface area (Å²) in [5.41, 5.74) is 0. The van der Waals surface area contributed by atoms with E-state index in [9.17, 15) is 18.9 Å². The number of hydrogen-bond donors (Lipinski definition) is 1. The summed E-state index contributed by atoms with van der Waals surface area (Å²) >= 11 is 0. The molecule has 0 radical (unpaired) electrons. The number of hydrogen-bond acceptors (Lipinski definition) is 9. The molecule has 0 aromatic heterocycles. The van der Waals surface area contributed by atoms with Crippen LogP contribution in [0.4, 0.5) is 0 Å². The molecule has 4 atom stereocenters. The predicted molar refractivity (Wildman–Crippen MR) is 228 cm³/mol. The van der Waals surface area contributed by atoms with Crippen molar-refractivity contribution in [1.82, 2.24) is 0 Å². The summed E-state index contributed by atoms with van der Waals surface area (Å²) in [6.45, 7) is 20.4. The van der Waals surface area contributed by atoms with Crippen molar-refractivity contribution < 1.29 is 42.1 Å². The van der Waals surface area contributed by atoms with E-state index in [1.54, 1.807) is 0 Å². The van der Waals surface area contributed by atoms with Gasteiger partial charge in [0.05, 0.1) is 26.4 Å². The Kier molecular flexibility index (Phi) is 52.3. The van der Waals surface area contributed by atoms with Crippen LogP contribution in [0.25, 0.3) is 0 Å². The second-order valence-corrected chi connectivity index (χ2v) is 17.8. The Bertz CT molecular complexity index is 713. The first-order chi connectivity index (χ1) is 25.4. The second kappa shape index (κ2) is 45.5. The summed E-state index contributed by atoms with van der Waals surface area (Å²) in [5.74, 6) is 1.21. The maximum atomic E-state index is 11.8. The summed E-state index contributed by atoms with van der Waals surface area (Å²) in [6.07, 6.45) is 27.1. The quantitative estimate of drug-likeness (QED) is 0.0371. The molecule has 0 bridgehead atoms. The number of aliphatic hydroxyl groups is 1. The van der Waals surface area contributed by atoms with Crippen LogP contribution >= 0.6 is 15.6 Å². The summed E-state index contributed by atoms with van der Waals surface area (Å²) in [5, 5.41) is 8.51. The number of phosphoric acid groups is 2. The normalized spacial score (nSPS) is 15.6. The average molecular weight is 841 g/mol. The van der Waals surface area contributed by atoms with Crippen molar-refractivity contribution in [3.63, 3.8) is 0 Å². The molecule has 0 amide bonds. The van der Waals surface area contributed by atoms with Gasteiger partial charge in [0.25, 0.3) is 15.6 Å². The number of rotatable bonds is 36. The van der Waals surface area contributed by atoms with Crippen LogP contribution in [0.3, 0.4) is 0 Å². The zero-order valence-electron chi connectivity index (χ0n) is 37.1. The predicted octanol–water partition coefficient (Wildman–Crippen LogP) is 12.6. The molecule has 12 heteroatoms. The average Bonchev–Trinajstić information content (AvgIpc) is 3.15. The van der Waals surface area contributed by atoms with Gasteiger partial charge in [-0.3, -0.25) is 9.13 Å². The van der Waals surface area contributed by atoms with E-state index in [4.69, 9.17) is 23.2 Å². The molecule has 324 valence electrons. The zero-order valence-corrected chi connectivity index (χ0v) is 41.1. The van der Waals surface area contributed by atoms with Crippen molar-refractivity contribution in [2.75, 3.05) is 33.0 Å². The van der Waals surface area contributed by atoms with Crippen LogP contribution in [-0.2, 0) is 27.2 Å². The van der Waals surface area contributed by atoms with Crippen LogP contribution in [0.5, 0.6) is 0 Å².